The number of carbonyl (C=O) groups is 2. The van der Waals surface area contributed by atoms with Gasteiger partial charge in [-0.2, -0.15) is 5.21 Å². The fraction of sp³-hybridized carbons (Fsp3) is 0.667. The number of unbranched alkanes of at least 4 members (excludes halogenated alkanes) is 4. The lowest BCUT2D eigenvalue weighted by Crippen LogP contribution is -2.59. The number of hydrogen-bond donors (Lipinski definition) is 3. The molecule has 1 aliphatic carbocycles. The molecule has 9 nitrogen and oxygen atoms in total. The second-order valence-corrected chi connectivity index (χ2v) is 10.4. The molecule has 4 N–H and O–H groups in total. The highest BCUT2D eigenvalue weighted by Crippen LogP contribution is 2.34. The molecule has 1 aromatic rings. The van der Waals surface area contributed by atoms with Crippen molar-refractivity contribution in [3.05, 3.63) is 23.8 Å². The predicted molar refractivity (Wildman–Crippen MR) is 139 cm³/mol. The van der Waals surface area contributed by atoms with Crippen molar-refractivity contribution >= 4 is 23.5 Å². The largest absolute Gasteiger partial charge is 0.388 e. The summed E-state index contributed by atoms with van der Waals surface area (Å²) in [4.78, 5) is 36.8. The first-order valence-corrected chi connectivity index (χ1v) is 13.6. The van der Waals surface area contributed by atoms with Gasteiger partial charge in [0.2, 0.25) is 5.91 Å². The van der Waals surface area contributed by atoms with Crippen LogP contribution in [0.25, 0.3) is 0 Å². The topological polar surface area (TPSA) is 117 Å². The summed E-state index contributed by atoms with van der Waals surface area (Å²) in [6.07, 6.45) is 9.99. The number of guanidine groups is 1. The summed E-state index contributed by atoms with van der Waals surface area (Å²) >= 11 is 0. The first kappa shape index (κ1) is 27.9. The molecule has 2 aliphatic rings. The third kappa shape index (κ3) is 7.43. The monoisotopic (exact) mass is 502 g/mol. The molecule has 0 spiro atoms. The molecule has 0 bridgehead atoms. The average Bonchev–Trinajstić information content (AvgIpc) is 2.84. The SMILES string of the molecule is CCCCCCCC(=O)[N+](O)(Oc1ccc2c(c1)CN(CC(=O)NC(C)C)C(N)=N2)C1CCCCC1. The molecule has 0 radical (unpaired) electrons. The van der Waals surface area contributed by atoms with Crippen LogP contribution in [0.3, 0.4) is 0 Å². The number of fused-ring (bicyclic) bond motifs is 1. The summed E-state index contributed by atoms with van der Waals surface area (Å²) in [6, 6.07) is 5.05. The molecule has 1 fully saturated rings. The molecular formula is C27H44N5O4+. The molecule has 1 heterocycles. The average molecular weight is 503 g/mol. The molecule has 1 saturated carbocycles. The minimum Gasteiger partial charge on any atom is -0.369 e. The normalized spacial score (nSPS) is 17.8. The van der Waals surface area contributed by atoms with E-state index < -0.39 is 4.81 Å². The summed E-state index contributed by atoms with van der Waals surface area (Å²) in [7, 11) is 0. The molecule has 3 rings (SSSR count). The van der Waals surface area contributed by atoms with Crippen molar-refractivity contribution < 1.29 is 24.4 Å². The minimum absolute atomic E-state index is 0.0344. The number of amides is 2. The van der Waals surface area contributed by atoms with Gasteiger partial charge < -0.3 is 16.0 Å². The highest BCUT2D eigenvalue weighted by atomic mass is 16.9. The maximum atomic E-state index is 13.3. The predicted octanol–water partition coefficient (Wildman–Crippen LogP) is 4.69. The second-order valence-electron chi connectivity index (χ2n) is 10.4. The van der Waals surface area contributed by atoms with Crippen LogP contribution in [0, 0.1) is 0 Å². The van der Waals surface area contributed by atoms with Gasteiger partial charge in [0, 0.05) is 31.0 Å². The molecule has 1 aliphatic heterocycles. The molecule has 200 valence electrons. The fourth-order valence-corrected chi connectivity index (χ4v) is 4.97. The van der Waals surface area contributed by atoms with E-state index >= 15 is 0 Å². The van der Waals surface area contributed by atoms with Crippen molar-refractivity contribution in [2.75, 3.05) is 6.54 Å². The van der Waals surface area contributed by atoms with Crippen molar-refractivity contribution in [3.63, 3.8) is 0 Å². The number of hydroxylamine groups is 4. The zero-order valence-corrected chi connectivity index (χ0v) is 22.2. The van der Waals surface area contributed by atoms with E-state index in [9.17, 15) is 14.8 Å². The Morgan fingerprint density at radius 1 is 1.19 bits per heavy atom. The highest BCUT2D eigenvalue weighted by molar-refractivity contribution is 5.88. The Hall–Kier alpha value is -2.65. The number of quaternary nitrogens is 1. The number of aliphatic imine (C=N–C) groups is 1. The van der Waals surface area contributed by atoms with E-state index in [0.717, 1.165) is 69.8 Å². The summed E-state index contributed by atoms with van der Waals surface area (Å²) in [5, 5.41) is 14.5. The third-order valence-corrected chi connectivity index (χ3v) is 6.92. The van der Waals surface area contributed by atoms with Gasteiger partial charge in [-0.15, -0.1) is 0 Å². The van der Waals surface area contributed by atoms with E-state index in [2.05, 4.69) is 17.2 Å². The van der Waals surface area contributed by atoms with Crippen LogP contribution in [0.5, 0.6) is 5.75 Å². The molecule has 9 heteroatoms. The molecule has 36 heavy (non-hydrogen) atoms. The number of nitrogens with two attached hydrogens (primary N) is 1. The number of nitrogens with one attached hydrogen (secondary N) is 1. The Bertz CT molecular complexity index is 929. The lowest BCUT2D eigenvalue weighted by Gasteiger charge is -2.34. The molecule has 2 amide bonds. The van der Waals surface area contributed by atoms with Crippen molar-refractivity contribution in [2.24, 2.45) is 10.7 Å². The van der Waals surface area contributed by atoms with Crippen molar-refractivity contribution in [2.45, 2.75) is 110 Å². The Balaban J connectivity index is 1.75. The summed E-state index contributed by atoms with van der Waals surface area (Å²) < 4.78 is 0. The molecule has 1 unspecified atom stereocenters. The Kier molecular flexibility index (Phi) is 10.1. The molecular weight excluding hydrogens is 458 g/mol. The van der Waals surface area contributed by atoms with E-state index in [1.165, 1.54) is 0 Å². The molecule has 0 aromatic heterocycles. The van der Waals surface area contributed by atoms with Crippen molar-refractivity contribution in [1.82, 2.24) is 10.2 Å². The van der Waals surface area contributed by atoms with Gasteiger partial charge in [-0.05, 0) is 51.3 Å². The number of nitrogens with zero attached hydrogens (tertiary/aromatic N) is 3. The number of rotatable bonds is 12. The first-order chi connectivity index (χ1) is 17.2. The van der Waals surface area contributed by atoms with Gasteiger partial charge >= 0.3 is 5.91 Å². The van der Waals surface area contributed by atoms with Crippen LogP contribution in [-0.2, 0) is 16.1 Å². The minimum atomic E-state index is -1.00. The molecule has 1 atom stereocenters. The van der Waals surface area contributed by atoms with Gasteiger partial charge in [-0.3, -0.25) is 9.63 Å². The van der Waals surface area contributed by atoms with Crippen LogP contribution in [0.15, 0.2) is 23.2 Å². The van der Waals surface area contributed by atoms with Crippen LogP contribution in [0.1, 0.15) is 97.0 Å². The second kappa shape index (κ2) is 13.1. The number of hydrogen-bond acceptors (Lipinski definition) is 7. The van der Waals surface area contributed by atoms with Gasteiger partial charge in [0.25, 0.3) is 0 Å². The van der Waals surface area contributed by atoms with Gasteiger partial charge in [0.1, 0.15) is 0 Å². The number of carbonyl (C=O) groups excluding carboxylic acids is 2. The number of benzene rings is 1. The standard InChI is InChI=1S/C27H43N5O4/c1-4-5-6-7-11-14-26(34)32(35,22-12-9-8-10-13-22)36-23-15-16-24-21(17-23)18-31(27(28)30-24)19-25(33)29-20(2)3/h15-17,20,22,35H,4-14,18-19H2,1-3H3,(H2-,28,29,30,33)/p+1. The van der Waals surface area contributed by atoms with Gasteiger partial charge in [0.15, 0.2) is 17.8 Å². The molecule has 1 aromatic carbocycles. The van der Waals surface area contributed by atoms with Gasteiger partial charge in [-0.25, -0.2) is 9.79 Å². The van der Waals surface area contributed by atoms with Crippen molar-refractivity contribution in [1.29, 1.82) is 0 Å². The van der Waals surface area contributed by atoms with Crippen LogP contribution >= 0.6 is 0 Å². The molecule has 0 saturated heterocycles. The first-order valence-electron chi connectivity index (χ1n) is 13.6. The van der Waals surface area contributed by atoms with Gasteiger partial charge in [-0.1, -0.05) is 39.0 Å². The smallest absolute Gasteiger partial charge is 0.369 e. The lowest BCUT2D eigenvalue weighted by atomic mass is 9.94. The van der Waals surface area contributed by atoms with E-state index in [0.29, 0.717) is 24.4 Å². The van der Waals surface area contributed by atoms with Crippen LogP contribution in [-0.4, -0.2) is 51.3 Å². The summed E-state index contributed by atoms with van der Waals surface area (Å²) in [6.45, 7) is 6.45. The third-order valence-electron chi connectivity index (χ3n) is 6.92. The highest BCUT2D eigenvalue weighted by Gasteiger charge is 2.48. The summed E-state index contributed by atoms with van der Waals surface area (Å²) in [5.41, 5.74) is 7.62. The lowest BCUT2D eigenvalue weighted by molar-refractivity contribution is -1.18. The zero-order valence-electron chi connectivity index (χ0n) is 22.2. The summed E-state index contributed by atoms with van der Waals surface area (Å²) in [5.74, 6) is 0.267. The van der Waals surface area contributed by atoms with Crippen LogP contribution in [0.2, 0.25) is 0 Å². The Morgan fingerprint density at radius 3 is 2.61 bits per heavy atom. The Morgan fingerprint density at radius 2 is 1.92 bits per heavy atom. The van der Waals surface area contributed by atoms with Crippen LogP contribution < -0.4 is 15.9 Å². The van der Waals surface area contributed by atoms with Gasteiger partial charge in [0.05, 0.1) is 23.5 Å². The van der Waals surface area contributed by atoms with E-state index in [1.54, 1.807) is 23.1 Å². The van der Waals surface area contributed by atoms with E-state index in [-0.39, 0.29) is 36.4 Å². The van der Waals surface area contributed by atoms with E-state index in [4.69, 9.17) is 10.6 Å². The van der Waals surface area contributed by atoms with E-state index in [1.807, 2.05) is 13.8 Å². The van der Waals surface area contributed by atoms with Crippen molar-refractivity contribution in [3.8, 4) is 5.75 Å². The maximum Gasteiger partial charge on any atom is 0.388 e. The fourth-order valence-electron chi connectivity index (χ4n) is 4.97. The quantitative estimate of drug-likeness (QED) is 0.165. The Labute approximate surface area is 215 Å². The van der Waals surface area contributed by atoms with Crippen LogP contribution in [0.4, 0.5) is 5.69 Å². The zero-order chi connectivity index (χ0) is 26.1. The maximum absolute atomic E-state index is 13.3.